The van der Waals surface area contributed by atoms with Gasteiger partial charge in [-0.3, -0.25) is 5.01 Å². The predicted molar refractivity (Wildman–Crippen MR) is 115 cm³/mol. The average molecular weight is 375 g/mol. The van der Waals surface area contributed by atoms with Gasteiger partial charge < -0.3 is 10.0 Å². The van der Waals surface area contributed by atoms with Crippen molar-refractivity contribution in [3.63, 3.8) is 0 Å². The van der Waals surface area contributed by atoms with Crippen LogP contribution in [-0.4, -0.2) is 31.5 Å². The van der Waals surface area contributed by atoms with Gasteiger partial charge in [0.05, 0.1) is 0 Å². The molecule has 0 bridgehead atoms. The summed E-state index contributed by atoms with van der Waals surface area (Å²) < 4.78 is 2.16. The molecule has 144 valence electrons. The molecule has 4 rings (SSSR count). The number of hydrazone groups is 1. The molecule has 0 spiro atoms. The maximum absolute atomic E-state index is 10.6. The number of benzene rings is 2. The predicted octanol–water partition coefficient (Wildman–Crippen LogP) is 3.61. The van der Waals surface area contributed by atoms with Crippen molar-refractivity contribution in [1.82, 2.24) is 0 Å². The first-order valence-electron chi connectivity index (χ1n) is 9.70. The van der Waals surface area contributed by atoms with Gasteiger partial charge in [-0.15, -0.1) is 0 Å². The number of rotatable bonds is 3. The Kier molecular flexibility index (Phi) is 4.67. The van der Waals surface area contributed by atoms with E-state index in [2.05, 4.69) is 53.9 Å². The lowest BCUT2D eigenvalue weighted by molar-refractivity contribution is -0.646. The number of pyridine rings is 1. The molecule has 1 aromatic heterocycles. The summed E-state index contributed by atoms with van der Waals surface area (Å²) in [5, 5.41) is 18.3. The topological polar surface area (TPSA) is 43.0 Å². The summed E-state index contributed by atoms with van der Waals surface area (Å²) in [7, 11) is 6.02. The summed E-state index contributed by atoms with van der Waals surface area (Å²) in [6.07, 6.45) is 2.16. The highest BCUT2D eigenvalue weighted by Crippen LogP contribution is 2.37. The van der Waals surface area contributed by atoms with E-state index in [9.17, 15) is 5.11 Å². The molecule has 2 heterocycles. The highest BCUT2D eigenvalue weighted by molar-refractivity contribution is 5.97. The zero-order chi connectivity index (χ0) is 19.8. The molecule has 28 heavy (non-hydrogen) atoms. The number of phenols is 1. The van der Waals surface area contributed by atoms with E-state index >= 15 is 0 Å². The number of phenolic OH excluding ortho intramolecular Hbond substituents is 1. The van der Waals surface area contributed by atoms with E-state index in [-0.39, 0.29) is 5.75 Å². The second kappa shape index (κ2) is 7.15. The van der Waals surface area contributed by atoms with Crippen LogP contribution < -0.4 is 14.5 Å². The summed E-state index contributed by atoms with van der Waals surface area (Å²) in [5.74, 6) is 0.259. The Morgan fingerprint density at radius 1 is 1.18 bits per heavy atom. The molecule has 0 radical (unpaired) electrons. The smallest absolute Gasteiger partial charge is 0.228 e. The normalized spacial score (nSPS) is 14.3. The minimum Gasteiger partial charge on any atom is -0.506 e. The van der Waals surface area contributed by atoms with Gasteiger partial charge in [0.1, 0.15) is 24.2 Å². The van der Waals surface area contributed by atoms with E-state index in [4.69, 9.17) is 5.10 Å². The van der Waals surface area contributed by atoms with Gasteiger partial charge in [0.15, 0.2) is 0 Å². The van der Waals surface area contributed by atoms with Crippen LogP contribution in [0, 0.1) is 0 Å². The molecule has 0 amide bonds. The molecule has 1 N–H and O–H groups in total. The second-order valence-corrected chi connectivity index (χ2v) is 7.54. The molecule has 5 heteroatoms. The van der Waals surface area contributed by atoms with Crippen molar-refractivity contribution in [2.45, 2.75) is 19.8 Å². The van der Waals surface area contributed by atoms with Crippen molar-refractivity contribution in [3.8, 4) is 5.75 Å². The standard InChI is InChI=1S/C23H26N4O/c1-16(19-12-11-17-8-5-6-10-20(17)26(19)3)24-27(4)22-14-18-9-7-13-25(2)21(18)15-23(22)28/h5-6,8,10-12,14-15H,7,9,13H2,1-4H3/p+1. The minimum absolute atomic E-state index is 0.259. The van der Waals surface area contributed by atoms with Gasteiger partial charge in [0.25, 0.3) is 0 Å². The largest absolute Gasteiger partial charge is 0.506 e. The number of aromatic nitrogens is 1. The number of fused-ring (bicyclic) bond motifs is 2. The maximum Gasteiger partial charge on any atom is 0.228 e. The molecule has 0 saturated carbocycles. The minimum atomic E-state index is 0.259. The molecule has 2 aromatic carbocycles. The van der Waals surface area contributed by atoms with Crippen LogP contribution >= 0.6 is 0 Å². The average Bonchev–Trinajstić information content (AvgIpc) is 2.68. The van der Waals surface area contributed by atoms with Gasteiger partial charge >= 0.3 is 0 Å². The third-order valence-electron chi connectivity index (χ3n) is 5.63. The molecule has 0 unspecified atom stereocenters. The van der Waals surface area contributed by atoms with E-state index < -0.39 is 0 Å². The second-order valence-electron chi connectivity index (χ2n) is 7.54. The van der Waals surface area contributed by atoms with Gasteiger partial charge in [0.2, 0.25) is 11.2 Å². The zero-order valence-corrected chi connectivity index (χ0v) is 17.0. The first-order chi connectivity index (χ1) is 13.5. The van der Waals surface area contributed by atoms with Crippen molar-refractivity contribution in [2.24, 2.45) is 12.1 Å². The van der Waals surface area contributed by atoms with Gasteiger partial charge in [-0.05, 0) is 43.5 Å². The van der Waals surface area contributed by atoms with E-state index in [0.717, 1.165) is 47.7 Å². The number of anilines is 2. The van der Waals surface area contributed by atoms with Crippen molar-refractivity contribution in [2.75, 3.05) is 30.5 Å². The Balaban J connectivity index is 1.70. The molecule has 3 aromatic rings. The third-order valence-corrected chi connectivity index (χ3v) is 5.63. The van der Waals surface area contributed by atoms with Gasteiger partial charge in [-0.25, -0.2) is 0 Å². The van der Waals surface area contributed by atoms with Crippen LogP contribution in [0.2, 0.25) is 0 Å². The van der Waals surface area contributed by atoms with Crippen molar-refractivity contribution in [1.29, 1.82) is 0 Å². The highest BCUT2D eigenvalue weighted by atomic mass is 16.3. The molecule has 1 aliphatic heterocycles. The number of para-hydroxylation sites is 1. The van der Waals surface area contributed by atoms with E-state index in [0.29, 0.717) is 0 Å². The highest BCUT2D eigenvalue weighted by Gasteiger charge is 2.19. The van der Waals surface area contributed by atoms with Gasteiger partial charge in [0, 0.05) is 49.9 Å². The Morgan fingerprint density at radius 3 is 2.79 bits per heavy atom. The van der Waals surface area contributed by atoms with E-state index in [1.807, 2.05) is 32.2 Å². The molecular formula is C23H27N4O+. The molecule has 0 saturated heterocycles. The molecule has 0 fully saturated rings. The fourth-order valence-electron chi connectivity index (χ4n) is 4.09. The molecule has 0 atom stereocenters. The van der Waals surface area contributed by atoms with Crippen LogP contribution in [0.5, 0.6) is 5.75 Å². The quantitative estimate of drug-likeness (QED) is 0.432. The summed E-state index contributed by atoms with van der Waals surface area (Å²) in [6, 6.07) is 16.5. The Morgan fingerprint density at radius 2 is 1.96 bits per heavy atom. The van der Waals surface area contributed by atoms with E-state index in [1.54, 1.807) is 5.01 Å². The van der Waals surface area contributed by atoms with Crippen molar-refractivity contribution < 1.29 is 9.67 Å². The van der Waals surface area contributed by atoms with Crippen LogP contribution in [0.4, 0.5) is 11.4 Å². The van der Waals surface area contributed by atoms with Gasteiger partial charge in [-0.2, -0.15) is 9.67 Å². The number of nitrogens with zero attached hydrogens (tertiary/aromatic N) is 4. The fraction of sp³-hybridized carbons (Fsp3) is 0.304. The number of hydrogen-bond acceptors (Lipinski definition) is 4. The van der Waals surface area contributed by atoms with Crippen LogP contribution in [-0.2, 0) is 13.5 Å². The monoisotopic (exact) mass is 375 g/mol. The Bertz CT molecular complexity index is 1070. The van der Waals surface area contributed by atoms with Crippen LogP contribution in [0.25, 0.3) is 10.9 Å². The number of aromatic hydroxyl groups is 1. The van der Waals surface area contributed by atoms with Crippen LogP contribution in [0.1, 0.15) is 24.6 Å². The number of hydrogen-bond donors (Lipinski definition) is 1. The molecule has 1 aliphatic rings. The lowest BCUT2D eigenvalue weighted by Gasteiger charge is -2.29. The lowest BCUT2D eigenvalue weighted by atomic mass is 10.0. The summed E-state index contributed by atoms with van der Waals surface area (Å²) in [6.45, 7) is 3.03. The maximum atomic E-state index is 10.6. The van der Waals surface area contributed by atoms with Gasteiger partial charge in [-0.1, -0.05) is 12.1 Å². The first-order valence-corrected chi connectivity index (χ1v) is 9.70. The molecular weight excluding hydrogens is 348 g/mol. The van der Waals surface area contributed by atoms with Crippen molar-refractivity contribution >= 4 is 28.0 Å². The van der Waals surface area contributed by atoms with E-state index in [1.165, 1.54) is 10.9 Å². The first kappa shape index (κ1) is 18.3. The summed E-state index contributed by atoms with van der Waals surface area (Å²) in [4.78, 5) is 2.20. The lowest BCUT2D eigenvalue weighted by Crippen LogP contribution is -2.37. The Labute approximate surface area is 166 Å². The van der Waals surface area contributed by atoms with Crippen molar-refractivity contribution in [3.05, 3.63) is 59.8 Å². The number of aryl methyl sites for hydroxylation is 2. The fourth-order valence-corrected chi connectivity index (χ4v) is 4.09. The summed E-state index contributed by atoms with van der Waals surface area (Å²) in [5.41, 5.74) is 6.21. The SMILES string of the molecule is C/C(=N\N(C)c1cc2c(cc1O)N(C)CCC2)c1ccc2ccccc2[n+]1C. The van der Waals surface area contributed by atoms with Crippen LogP contribution in [0.3, 0.4) is 0 Å². The molecule has 0 aliphatic carbocycles. The van der Waals surface area contributed by atoms with Crippen LogP contribution in [0.15, 0.2) is 53.6 Å². The third kappa shape index (κ3) is 3.17. The Hall–Kier alpha value is -3.08. The molecule has 5 nitrogen and oxygen atoms in total. The summed E-state index contributed by atoms with van der Waals surface area (Å²) >= 11 is 0. The zero-order valence-electron chi connectivity index (χ0n) is 17.0.